The molecule has 2 unspecified atom stereocenters. The number of para-hydroxylation sites is 1. The van der Waals surface area contributed by atoms with Gasteiger partial charge in [0.1, 0.15) is 23.9 Å². The van der Waals surface area contributed by atoms with Crippen LogP contribution in [0.3, 0.4) is 0 Å². The number of hydrogen-bond donors (Lipinski definition) is 3. The molecular weight excluding hydrogens is 482 g/mol. The van der Waals surface area contributed by atoms with E-state index in [4.69, 9.17) is 4.74 Å². The molecule has 2 aromatic rings. The molecule has 0 saturated carbocycles. The van der Waals surface area contributed by atoms with Crippen LogP contribution in [0.5, 0.6) is 5.75 Å². The maximum absolute atomic E-state index is 13.9. The van der Waals surface area contributed by atoms with Crippen molar-refractivity contribution in [3.05, 3.63) is 59.2 Å². The Morgan fingerprint density at radius 1 is 0.974 bits per heavy atom. The average Bonchev–Trinajstić information content (AvgIpc) is 2.80. The first-order valence-electron chi connectivity index (χ1n) is 13.1. The number of anilines is 1. The summed E-state index contributed by atoms with van der Waals surface area (Å²) in [6, 6.07) is 10.7. The molecule has 2 rings (SSSR count). The normalized spacial score (nSPS) is 13.0. The lowest BCUT2D eigenvalue weighted by atomic mass is 9.97. The second-order valence-electron chi connectivity index (χ2n) is 11.2. The number of nitrogens with zero attached hydrogens (tertiary/aromatic N) is 1. The molecule has 8 heteroatoms. The topological polar surface area (TPSA) is 108 Å². The molecule has 2 atom stereocenters. The number of rotatable bonds is 10. The third-order valence-electron chi connectivity index (χ3n) is 6.15. The van der Waals surface area contributed by atoms with Gasteiger partial charge in [-0.15, -0.1) is 0 Å². The Kier molecular flexibility index (Phi) is 10.7. The summed E-state index contributed by atoms with van der Waals surface area (Å²) in [6.07, 6.45) is 0.784. The van der Waals surface area contributed by atoms with Crippen molar-refractivity contribution in [2.45, 2.75) is 85.9 Å². The molecule has 0 aromatic heterocycles. The number of carbonyl (C=O) groups is 3. The lowest BCUT2D eigenvalue weighted by Crippen LogP contribution is -2.50. The summed E-state index contributed by atoms with van der Waals surface area (Å²) in [4.78, 5) is 41.4. The van der Waals surface area contributed by atoms with Gasteiger partial charge in [0, 0.05) is 11.7 Å². The number of benzene rings is 2. The van der Waals surface area contributed by atoms with E-state index in [1.165, 1.54) is 17.0 Å². The minimum atomic E-state index is -1.05. The number of phenolic OH excluding ortho intramolecular Hbond substituents is 1. The largest absolute Gasteiger partial charge is 0.508 e. The summed E-state index contributed by atoms with van der Waals surface area (Å²) < 4.78 is 5.29. The first-order valence-corrected chi connectivity index (χ1v) is 13.1. The van der Waals surface area contributed by atoms with Gasteiger partial charge in [0.05, 0.1) is 0 Å². The van der Waals surface area contributed by atoms with Crippen molar-refractivity contribution in [1.82, 2.24) is 10.2 Å². The van der Waals surface area contributed by atoms with Crippen LogP contribution in [0.2, 0.25) is 0 Å². The van der Waals surface area contributed by atoms with E-state index >= 15 is 0 Å². The van der Waals surface area contributed by atoms with E-state index < -0.39 is 29.6 Å². The molecule has 208 valence electrons. The SMILES string of the molecule is Cc1cccc(C)c1NC(=O)C(c1cccc(O)c1)N(C(=O)CNC(=O)OC(C)(C)C)C(C)CCC(C)C. The highest BCUT2D eigenvalue weighted by atomic mass is 16.6. The Balaban J connectivity index is 2.50. The Hall–Kier alpha value is -3.55. The maximum Gasteiger partial charge on any atom is 0.408 e. The molecule has 2 aromatic carbocycles. The van der Waals surface area contributed by atoms with Gasteiger partial charge in [-0.3, -0.25) is 9.59 Å². The van der Waals surface area contributed by atoms with Crippen molar-refractivity contribution in [2.24, 2.45) is 5.92 Å². The van der Waals surface area contributed by atoms with Gasteiger partial charge in [-0.1, -0.05) is 44.2 Å². The number of aromatic hydroxyl groups is 1. The van der Waals surface area contributed by atoms with E-state index in [1.54, 1.807) is 32.9 Å². The number of amides is 3. The van der Waals surface area contributed by atoms with Crippen LogP contribution >= 0.6 is 0 Å². The molecule has 3 amide bonds. The van der Waals surface area contributed by atoms with Gasteiger partial charge >= 0.3 is 6.09 Å². The Morgan fingerprint density at radius 3 is 2.13 bits per heavy atom. The van der Waals surface area contributed by atoms with Gasteiger partial charge in [0.25, 0.3) is 5.91 Å². The lowest BCUT2D eigenvalue weighted by molar-refractivity contribution is -0.141. The second kappa shape index (κ2) is 13.3. The Bertz CT molecular complexity index is 1100. The highest BCUT2D eigenvalue weighted by Gasteiger charge is 2.35. The number of alkyl carbamates (subject to hydrolysis) is 1. The fourth-order valence-corrected chi connectivity index (χ4v) is 4.25. The second-order valence-corrected chi connectivity index (χ2v) is 11.2. The van der Waals surface area contributed by atoms with E-state index in [-0.39, 0.29) is 18.3 Å². The number of aryl methyl sites for hydroxylation is 2. The first-order chi connectivity index (χ1) is 17.7. The van der Waals surface area contributed by atoms with Crippen molar-refractivity contribution >= 4 is 23.6 Å². The minimum absolute atomic E-state index is 0.0125. The van der Waals surface area contributed by atoms with Crippen LogP contribution in [0.15, 0.2) is 42.5 Å². The molecular formula is C30H43N3O5. The molecule has 0 aliphatic rings. The van der Waals surface area contributed by atoms with Crippen molar-refractivity contribution in [2.75, 3.05) is 11.9 Å². The van der Waals surface area contributed by atoms with Crippen molar-refractivity contribution in [1.29, 1.82) is 0 Å². The summed E-state index contributed by atoms with van der Waals surface area (Å²) in [5.41, 5.74) is 2.22. The molecule has 0 aliphatic heterocycles. The van der Waals surface area contributed by atoms with Gasteiger partial charge in [-0.05, 0) is 89.1 Å². The number of nitrogens with one attached hydrogen (secondary N) is 2. The van der Waals surface area contributed by atoms with Crippen molar-refractivity contribution < 1.29 is 24.2 Å². The zero-order valence-electron chi connectivity index (χ0n) is 23.9. The molecule has 0 aliphatic carbocycles. The lowest BCUT2D eigenvalue weighted by Gasteiger charge is -2.37. The van der Waals surface area contributed by atoms with E-state index in [0.717, 1.165) is 17.5 Å². The van der Waals surface area contributed by atoms with Crippen molar-refractivity contribution in [3.8, 4) is 5.75 Å². The summed E-state index contributed by atoms with van der Waals surface area (Å²) in [5.74, 6) is -0.453. The summed E-state index contributed by atoms with van der Waals surface area (Å²) in [6.45, 7) is 14.8. The number of hydrogen-bond acceptors (Lipinski definition) is 5. The molecule has 0 saturated heterocycles. The van der Waals surface area contributed by atoms with Crippen LogP contribution in [0, 0.1) is 19.8 Å². The number of phenols is 1. The third-order valence-corrected chi connectivity index (χ3v) is 6.15. The predicted octanol–water partition coefficient (Wildman–Crippen LogP) is 5.87. The molecule has 0 radical (unpaired) electrons. The predicted molar refractivity (Wildman–Crippen MR) is 150 cm³/mol. The third kappa shape index (κ3) is 9.08. The minimum Gasteiger partial charge on any atom is -0.508 e. The quantitative estimate of drug-likeness (QED) is 0.360. The van der Waals surface area contributed by atoms with Gasteiger partial charge in [-0.2, -0.15) is 0 Å². The van der Waals surface area contributed by atoms with Crippen molar-refractivity contribution in [3.63, 3.8) is 0 Å². The summed E-state index contributed by atoms with van der Waals surface area (Å²) in [5, 5.41) is 15.8. The van der Waals surface area contributed by atoms with Crippen LogP contribution in [0.25, 0.3) is 0 Å². The van der Waals surface area contributed by atoms with E-state index in [9.17, 15) is 19.5 Å². The fourth-order valence-electron chi connectivity index (χ4n) is 4.25. The van der Waals surface area contributed by atoms with Crippen LogP contribution in [0.1, 0.15) is 77.1 Å². The molecule has 0 spiro atoms. The van der Waals surface area contributed by atoms with E-state index in [0.29, 0.717) is 23.6 Å². The van der Waals surface area contributed by atoms with E-state index in [1.807, 2.05) is 39.0 Å². The zero-order chi connectivity index (χ0) is 28.6. The summed E-state index contributed by atoms with van der Waals surface area (Å²) >= 11 is 0. The maximum atomic E-state index is 13.9. The monoisotopic (exact) mass is 525 g/mol. The highest BCUT2D eigenvalue weighted by Crippen LogP contribution is 2.30. The van der Waals surface area contributed by atoms with E-state index in [2.05, 4.69) is 24.5 Å². The molecule has 0 bridgehead atoms. The van der Waals surface area contributed by atoms with Crippen LogP contribution in [0.4, 0.5) is 10.5 Å². The number of ether oxygens (including phenoxy) is 1. The molecule has 8 nitrogen and oxygen atoms in total. The Morgan fingerprint density at radius 2 is 1.58 bits per heavy atom. The Labute approximate surface area is 226 Å². The average molecular weight is 526 g/mol. The van der Waals surface area contributed by atoms with Crippen LogP contribution in [-0.2, 0) is 14.3 Å². The fraction of sp³-hybridized carbons (Fsp3) is 0.500. The zero-order valence-corrected chi connectivity index (χ0v) is 23.9. The molecule has 38 heavy (non-hydrogen) atoms. The van der Waals surface area contributed by atoms with Gasteiger partial charge in [0.2, 0.25) is 5.91 Å². The molecule has 0 heterocycles. The molecule has 0 fully saturated rings. The standard InChI is InChI=1S/C30H43N3O5/c1-19(2)15-16-22(5)33(25(35)18-31-29(37)38-30(6,7)8)27(23-13-10-14-24(34)17-23)28(36)32-26-20(3)11-9-12-21(26)4/h9-14,17,19,22,27,34H,15-16,18H2,1-8H3,(H,31,37)(H,32,36). The first kappa shape index (κ1) is 30.7. The smallest absolute Gasteiger partial charge is 0.408 e. The van der Waals surface area contributed by atoms with Gasteiger partial charge < -0.3 is 25.4 Å². The van der Waals surface area contributed by atoms with Crippen LogP contribution < -0.4 is 10.6 Å². The molecule has 3 N–H and O–H groups in total. The van der Waals surface area contributed by atoms with Gasteiger partial charge in [0.15, 0.2) is 0 Å². The number of carbonyl (C=O) groups excluding carboxylic acids is 3. The highest BCUT2D eigenvalue weighted by molar-refractivity contribution is 5.99. The van der Waals surface area contributed by atoms with Gasteiger partial charge in [-0.25, -0.2) is 4.79 Å². The van der Waals surface area contributed by atoms with Crippen LogP contribution in [-0.4, -0.2) is 46.1 Å². The summed E-state index contributed by atoms with van der Waals surface area (Å²) in [7, 11) is 0.